The number of hydrogen-bond donors (Lipinski definition) is 1. The fraction of sp³-hybridized carbons (Fsp3) is 0.281. The lowest BCUT2D eigenvalue weighted by Gasteiger charge is -2.24. The molecule has 3 aromatic carbocycles. The summed E-state index contributed by atoms with van der Waals surface area (Å²) < 4.78 is 53.5. The highest BCUT2D eigenvalue weighted by atomic mass is 32.2. The first-order valence-electron chi connectivity index (χ1n) is 14.1. The van der Waals surface area contributed by atoms with Crippen molar-refractivity contribution in [3.8, 4) is 11.1 Å². The van der Waals surface area contributed by atoms with Gasteiger partial charge in [-0.1, -0.05) is 67.2 Å². The van der Waals surface area contributed by atoms with E-state index < -0.39 is 17.3 Å². The molecule has 0 radical (unpaired) electrons. The average molecular weight is 642 g/mol. The zero-order valence-electron chi connectivity index (χ0n) is 24.6. The standard InChI is InChI=1S/C32H31F4N5O3S/c1-3-28-30(44)38-31(45-20-23-6-14-27(33)15-7-23)41(39-28)19-29(43)40(17-16-37-21(2)42)18-22-4-8-24(9-5-22)25-10-12-26(13-11-25)32(34,35)36/h4-15H,3,16-20H2,1-2H3,(H,37,42). The molecule has 0 bridgehead atoms. The van der Waals surface area contributed by atoms with Crippen molar-refractivity contribution >= 4 is 23.6 Å². The molecular formula is C32H31F4N5O3S. The van der Waals surface area contributed by atoms with Crippen molar-refractivity contribution in [3.05, 3.63) is 111 Å². The molecule has 1 N–H and O–H groups in total. The SMILES string of the molecule is CCc1nn(CC(=O)N(CCNC(C)=O)Cc2ccc(-c3ccc(C(F)(F)F)cc3)cc2)c(SCc2ccc(F)cc2)nc1=O. The number of aromatic nitrogens is 3. The molecule has 0 saturated heterocycles. The summed E-state index contributed by atoms with van der Waals surface area (Å²) in [5.74, 6) is -0.588. The molecule has 0 atom stereocenters. The molecule has 0 spiro atoms. The fourth-order valence-electron chi connectivity index (χ4n) is 4.36. The highest BCUT2D eigenvalue weighted by molar-refractivity contribution is 7.98. The lowest BCUT2D eigenvalue weighted by Crippen LogP contribution is -2.40. The zero-order chi connectivity index (χ0) is 32.6. The normalized spacial score (nSPS) is 11.3. The van der Waals surface area contributed by atoms with E-state index >= 15 is 0 Å². The highest BCUT2D eigenvalue weighted by Crippen LogP contribution is 2.31. The molecule has 236 valence electrons. The molecule has 45 heavy (non-hydrogen) atoms. The van der Waals surface area contributed by atoms with Crippen LogP contribution in [0.3, 0.4) is 0 Å². The van der Waals surface area contributed by atoms with E-state index in [-0.39, 0.29) is 54.7 Å². The predicted octanol–water partition coefficient (Wildman–Crippen LogP) is 5.48. The van der Waals surface area contributed by atoms with Gasteiger partial charge in [0.15, 0.2) is 5.16 Å². The molecule has 2 amide bonds. The monoisotopic (exact) mass is 641 g/mol. The summed E-state index contributed by atoms with van der Waals surface area (Å²) in [7, 11) is 0. The minimum Gasteiger partial charge on any atom is -0.355 e. The van der Waals surface area contributed by atoms with Crippen molar-refractivity contribution in [1.29, 1.82) is 0 Å². The third-order valence-corrected chi connectivity index (χ3v) is 7.83. The second-order valence-corrected chi connectivity index (χ2v) is 11.1. The Morgan fingerprint density at radius 3 is 2.11 bits per heavy atom. The maximum Gasteiger partial charge on any atom is 0.416 e. The second-order valence-electron chi connectivity index (χ2n) is 10.1. The molecular weight excluding hydrogens is 610 g/mol. The lowest BCUT2D eigenvalue weighted by atomic mass is 10.0. The van der Waals surface area contributed by atoms with Crippen LogP contribution in [-0.4, -0.2) is 44.6 Å². The highest BCUT2D eigenvalue weighted by Gasteiger charge is 2.30. The maximum absolute atomic E-state index is 13.6. The Kier molecular flexibility index (Phi) is 11.1. The number of amides is 2. The molecule has 0 aliphatic carbocycles. The smallest absolute Gasteiger partial charge is 0.355 e. The number of nitrogens with one attached hydrogen (secondary N) is 1. The van der Waals surface area contributed by atoms with Crippen LogP contribution in [0, 0.1) is 5.82 Å². The van der Waals surface area contributed by atoms with Crippen LogP contribution in [0.2, 0.25) is 0 Å². The van der Waals surface area contributed by atoms with Crippen LogP contribution in [0.4, 0.5) is 17.6 Å². The Hall–Kier alpha value is -4.52. The number of hydrogen-bond acceptors (Lipinski definition) is 6. The van der Waals surface area contributed by atoms with Crippen LogP contribution >= 0.6 is 11.8 Å². The number of nitrogens with zero attached hydrogens (tertiary/aromatic N) is 4. The molecule has 0 aliphatic rings. The van der Waals surface area contributed by atoms with Gasteiger partial charge in [0.1, 0.15) is 18.1 Å². The number of halogens is 4. The van der Waals surface area contributed by atoms with Crippen LogP contribution in [0.25, 0.3) is 11.1 Å². The summed E-state index contributed by atoms with van der Waals surface area (Å²) in [4.78, 5) is 43.3. The summed E-state index contributed by atoms with van der Waals surface area (Å²) >= 11 is 1.20. The summed E-state index contributed by atoms with van der Waals surface area (Å²) in [6.45, 7) is 3.47. The largest absolute Gasteiger partial charge is 0.416 e. The van der Waals surface area contributed by atoms with E-state index in [1.165, 1.54) is 47.6 Å². The van der Waals surface area contributed by atoms with Gasteiger partial charge in [-0.25, -0.2) is 9.07 Å². The van der Waals surface area contributed by atoms with Gasteiger partial charge in [-0.05, 0) is 52.9 Å². The van der Waals surface area contributed by atoms with Gasteiger partial charge in [0.2, 0.25) is 11.8 Å². The van der Waals surface area contributed by atoms with Crippen LogP contribution in [-0.2, 0) is 41.0 Å². The van der Waals surface area contributed by atoms with Gasteiger partial charge in [-0.2, -0.15) is 23.3 Å². The molecule has 4 aromatic rings. The van der Waals surface area contributed by atoms with Crippen LogP contribution in [0.1, 0.15) is 36.2 Å². The van der Waals surface area contributed by atoms with Gasteiger partial charge in [-0.15, -0.1) is 0 Å². The van der Waals surface area contributed by atoms with E-state index in [4.69, 9.17) is 0 Å². The second kappa shape index (κ2) is 15.0. The number of rotatable bonds is 12. The van der Waals surface area contributed by atoms with E-state index in [1.54, 1.807) is 48.2 Å². The number of thioether (sulfide) groups is 1. The van der Waals surface area contributed by atoms with Crippen molar-refractivity contribution in [2.24, 2.45) is 0 Å². The van der Waals surface area contributed by atoms with Gasteiger partial charge in [0.25, 0.3) is 5.56 Å². The predicted molar refractivity (Wildman–Crippen MR) is 163 cm³/mol. The Balaban J connectivity index is 1.53. The zero-order valence-corrected chi connectivity index (χ0v) is 25.4. The molecule has 1 heterocycles. The van der Waals surface area contributed by atoms with Crippen LogP contribution < -0.4 is 10.9 Å². The number of aryl methyl sites for hydroxylation is 1. The molecule has 0 unspecified atom stereocenters. The first-order chi connectivity index (χ1) is 21.4. The quantitative estimate of drug-likeness (QED) is 0.163. The summed E-state index contributed by atoms with van der Waals surface area (Å²) in [6, 6.07) is 17.9. The van der Waals surface area contributed by atoms with E-state index in [0.29, 0.717) is 23.3 Å². The van der Waals surface area contributed by atoms with Crippen molar-refractivity contribution in [2.75, 3.05) is 13.1 Å². The average Bonchev–Trinajstić information content (AvgIpc) is 3.01. The van der Waals surface area contributed by atoms with Crippen molar-refractivity contribution < 1.29 is 27.2 Å². The Bertz CT molecular complexity index is 1680. The number of alkyl halides is 3. The molecule has 0 fully saturated rings. The van der Waals surface area contributed by atoms with Crippen molar-refractivity contribution in [1.82, 2.24) is 25.0 Å². The molecule has 1 aromatic heterocycles. The first-order valence-corrected chi connectivity index (χ1v) is 15.1. The van der Waals surface area contributed by atoms with Crippen molar-refractivity contribution in [3.63, 3.8) is 0 Å². The van der Waals surface area contributed by atoms with Gasteiger partial charge in [0, 0.05) is 32.3 Å². The van der Waals surface area contributed by atoms with Crippen molar-refractivity contribution in [2.45, 2.75) is 50.4 Å². The maximum atomic E-state index is 13.6. The molecule has 13 heteroatoms. The van der Waals surface area contributed by atoms with E-state index in [2.05, 4.69) is 15.4 Å². The Morgan fingerprint density at radius 2 is 1.53 bits per heavy atom. The summed E-state index contributed by atoms with van der Waals surface area (Å²) in [6.07, 6.45) is -4.10. The number of carbonyl (C=O) groups excluding carboxylic acids is 2. The van der Waals surface area contributed by atoms with Gasteiger partial charge >= 0.3 is 6.18 Å². The van der Waals surface area contributed by atoms with Gasteiger partial charge in [0.05, 0.1) is 5.56 Å². The Labute approximate surface area is 261 Å². The van der Waals surface area contributed by atoms with Crippen LogP contribution in [0.15, 0.2) is 82.7 Å². The molecule has 0 saturated carbocycles. The first kappa shape index (κ1) is 33.4. The number of benzene rings is 3. The van der Waals surface area contributed by atoms with Gasteiger partial charge in [-0.3, -0.25) is 14.4 Å². The third-order valence-electron chi connectivity index (χ3n) is 6.79. The molecule has 8 nitrogen and oxygen atoms in total. The third kappa shape index (κ3) is 9.48. The molecule has 4 rings (SSSR count). The molecule has 0 aliphatic heterocycles. The number of carbonyl (C=O) groups is 2. The van der Waals surface area contributed by atoms with Gasteiger partial charge < -0.3 is 10.2 Å². The summed E-state index contributed by atoms with van der Waals surface area (Å²) in [5, 5.41) is 7.31. The van der Waals surface area contributed by atoms with E-state index in [9.17, 15) is 31.9 Å². The Morgan fingerprint density at radius 1 is 0.933 bits per heavy atom. The fourth-order valence-corrected chi connectivity index (χ4v) is 5.25. The van der Waals surface area contributed by atoms with E-state index in [1.807, 2.05) is 0 Å². The minimum absolute atomic E-state index is 0.179. The topological polar surface area (TPSA) is 97.2 Å². The minimum atomic E-state index is -4.42. The van der Waals surface area contributed by atoms with E-state index in [0.717, 1.165) is 23.3 Å². The summed E-state index contributed by atoms with van der Waals surface area (Å²) in [5.41, 5.74) is 1.87. The lowest BCUT2D eigenvalue weighted by molar-refractivity contribution is -0.137. The van der Waals surface area contributed by atoms with Crippen LogP contribution in [0.5, 0.6) is 0 Å².